The first-order valence-electron chi connectivity index (χ1n) is 15.3. The number of nitrogens with two attached hydrogens (primary N) is 1. The lowest BCUT2D eigenvalue weighted by Gasteiger charge is -2.51. The van der Waals surface area contributed by atoms with Crippen LogP contribution in [-0.4, -0.2) is 112 Å². The second-order valence-corrected chi connectivity index (χ2v) is 13.2. The molecular formula is C34H40N4O7. The van der Waals surface area contributed by atoms with Crippen LogP contribution in [0.2, 0.25) is 0 Å². The number of carbonyl (C=O) groups is 3. The second kappa shape index (κ2) is 11.1. The predicted molar refractivity (Wildman–Crippen MR) is 167 cm³/mol. The molecule has 0 aromatic heterocycles. The SMILES string of the molecule is C[C@H]1c2ccc(-c3cccc(CN4CCN(C)CC4)c3)c(O)c2C(O)=C2C(=O)[C@]3(O)C(O)=C(C(N)=O)C(=O)[C@@H](N(C)C)[C@@H]3C[C@@H]21. The second-order valence-electron chi connectivity index (χ2n) is 13.2. The molecule has 1 saturated carbocycles. The summed E-state index contributed by atoms with van der Waals surface area (Å²) in [6.45, 7) is 6.54. The first-order chi connectivity index (χ1) is 21.3. The highest BCUT2D eigenvalue weighted by Gasteiger charge is 2.64. The third-order valence-electron chi connectivity index (χ3n) is 10.3. The van der Waals surface area contributed by atoms with Crippen molar-refractivity contribution in [2.45, 2.75) is 37.5 Å². The van der Waals surface area contributed by atoms with E-state index in [0.29, 0.717) is 11.1 Å². The number of fused-ring (bicyclic) bond motifs is 3. The predicted octanol–water partition coefficient (Wildman–Crippen LogP) is 1.94. The number of nitrogens with zero attached hydrogens (tertiary/aromatic N) is 3. The zero-order valence-corrected chi connectivity index (χ0v) is 25.9. The number of aliphatic hydroxyl groups is 3. The minimum atomic E-state index is -2.67. The topological polar surface area (TPSA) is 168 Å². The Morgan fingerprint density at radius 2 is 1.76 bits per heavy atom. The number of hydrogen-bond acceptors (Lipinski definition) is 10. The van der Waals surface area contributed by atoms with E-state index in [2.05, 4.69) is 16.8 Å². The summed E-state index contributed by atoms with van der Waals surface area (Å²) in [5.41, 5.74) is 4.77. The van der Waals surface area contributed by atoms with Crippen LogP contribution < -0.4 is 5.73 Å². The Morgan fingerprint density at radius 1 is 1.07 bits per heavy atom. The van der Waals surface area contributed by atoms with E-state index in [4.69, 9.17) is 5.73 Å². The number of benzene rings is 2. The molecule has 2 fully saturated rings. The van der Waals surface area contributed by atoms with Crippen LogP contribution in [0.5, 0.6) is 5.75 Å². The number of rotatable bonds is 5. The average molecular weight is 617 g/mol. The van der Waals surface area contributed by atoms with Crippen LogP contribution in [0.4, 0.5) is 0 Å². The van der Waals surface area contributed by atoms with Gasteiger partial charge in [-0.3, -0.25) is 24.2 Å². The van der Waals surface area contributed by atoms with Gasteiger partial charge in [0.2, 0.25) is 5.78 Å². The Hall–Kier alpha value is -4.03. The van der Waals surface area contributed by atoms with Crippen molar-refractivity contribution in [1.29, 1.82) is 0 Å². The molecule has 0 bridgehead atoms. The van der Waals surface area contributed by atoms with Crippen LogP contribution in [-0.2, 0) is 20.9 Å². The molecule has 1 aliphatic heterocycles. The molecule has 2 aromatic rings. The summed E-state index contributed by atoms with van der Waals surface area (Å²) >= 11 is 0. The van der Waals surface area contributed by atoms with Crippen LogP contribution in [0, 0.1) is 11.8 Å². The van der Waals surface area contributed by atoms with E-state index in [0.717, 1.165) is 43.9 Å². The van der Waals surface area contributed by atoms with Crippen molar-refractivity contribution >= 4 is 23.2 Å². The highest BCUT2D eigenvalue weighted by molar-refractivity contribution is 6.24. The number of hydrogen-bond donors (Lipinski definition) is 5. The van der Waals surface area contributed by atoms with Crippen LogP contribution in [0.3, 0.4) is 0 Å². The number of aromatic hydroxyl groups is 1. The number of amides is 1. The quantitative estimate of drug-likeness (QED) is 0.313. The van der Waals surface area contributed by atoms with Crippen molar-refractivity contribution in [3.05, 3.63) is 70.0 Å². The third-order valence-corrected chi connectivity index (χ3v) is 10.3. The van der Waals surface area contributed by atoms with Crippen molar-refractivity contribution in [3.8, 4) is 16.9 Å². The number of aliphatic hydroxyl groups excluding tert-OH is 2. The Kier molecular flexibility index (Phi) is 7.64. The zero-order valence-electron chi connectivity index (χ0n) is 25.9. The summed E-state index contributed by atoms with van der Waals surface area (Å²) in [5.74, 6) is -7.00. The molecule has 238 valence electrons. The standard InChI is InChI=1S/C34H40N4O7/c1-17-20-8-9-21(19-7-5-6-18(14-19)16-38-12-10-37(4)11-13-38)28(39)24(20)29(40)25-22(17)15-23-27(36(2)3)30(41)26(33(35)44)32(43)34(23,45)31(25)42/h5-9,14,17,22-23,27,39-40,43,45H,10-13,15-16H2,1-4H3,(H2,35,44)/t17-,22+,23-,27-,34-/m0/s1. The number of carbonyl (C=O) groups excluding carboxylic acids is 3. The highest BCUT2D eigenvalue weighted by Crippen LogP contribution is 2.56. The fourth-order valence-electron chi connectivity index (χ4n) is 7.87. The first kappa shape index (κ1) is 31.0. The van der Waals surface area contributed by atoms with E-state index in [1.165, 1.54) is 4.90 Å². The number of piperazine rings is 1. The first-order valence-corrected chi connectivity index (χ1v) is 15.3. The van der Waals surface area contributed by atoms with Crippen molar-refractivity contribution in [3.63, 3.8) is 0 Å². The molecule has 1 heterocycles. The fraction of sp³-hybridized carbons (Fsp3) is 0.441. The van der Waals surface area contributed by atoms with E-state index >= 15 is 0 Å². The lowest BCUT2D eigenvalue weighted by molar-refractivity contribution is -0.154. The molecule has 0 spiro atoms. The summed E-state index contributed by atoms with van der Waals surface area (Å²) in [7, 11) is 5.27. The number of phenolic OH excluding ortho intramolecular Hbond substituents is 1. The molecule has 6 N–H and O–H groups in total. The maximum absolute atomic E-state index is 14.2. The van der Waals surface area contributed by atoms with Crippen molar-refractivity contribution in [1.82, 2.24) is 14.7 Å². The molecule has 11 nitrogen and oxygen atoms in total. The van der Waals surface area contributed by atoms with Gasteiger partial charge >= 0.3 is 0 Å². The summed E-state index contributed by atoms with van der Waals surface area (Å²) in [6, 6.07) is 10.4. The Morgan fingerprint density at radius 3 is 2.40 bits per heavy atom. The molecular weight excluding hydrogens is 576 g/mol. The number of phenols is 1. The molecule has 0 radical (unpaired) electrons. The summed E-state index contributed by atoms with van der Waals surface area (Å²) in [5, 5.41) is 46.3. The van der Waals surface area contributed by atoms with E-state index in [9.17, 15) is 34.8 Å². The smallest absolute Gasteiger partial charge is 0.255 e. The van der Waals surface area contributed by atoms with Crippen molar-refractivity contribution in [2.24, 2.45) is 17.6 Å². The minimum absolute atomic E-state index is 0.0454. The van der Waals surface area contributed by atoms with Gasteiger partial charge < -0.3 is 31.1 Å². The van der Waals surface area contributed by atoms with Gasteiger partial charge in [-0.2, -0.15) is 0 Å². The maximum Gasteiger partial charge on any atom is 0.255 e. The van der Waals surface area contributed by atoms with Crippen molar-refractivity contribution < 1.29 is 34.8 Å². The van der Waals surface area contributed by atoms with Gasteiger partial charge in [-0.15, -0.1) is 0 Å². The van der Waals surface area contributed by atoms with E-state index in [1.54, 1.807) is 20.2 Å². The summed E-state index contributed by atoms with van der Waals surface area (Å²) < 4.78 is 0. The van der Waals surface area contributed by atoms with Crippen LogP contribution >= 0.6 is 0 Å². The molecule has 5 atom stereocenters. The van der Waals surface area contributed by atoms with Crippen molar-refractivity contribution in [2.75, 3.05) is 47.3 Å². The van der Waals surface area contributed by atoms with Crippen LogP contribution in [0.1, 0.15) is 36.0 Å². The fourth-order valence-corrected chi connectivity index (χ4v) is 7.87. The highest BCUT2D eigenvalue weighted by atomic mass is 16.3. The normalized spacial score (nSPS) is 29.1. The van der Waals surface area contributed by atoms with Gasteiger partial charge in [0.05, 0.1) is 11.6 Å². The Balaban J connectivity index is 1.43. The number of primary amides is 1. The summed E-state index contributed by atoms with van der Waals surface area (Å²) in [6.07, 6.45) is 0.0454. The van der Waals surface area contributed by atoms with E-state index < -0.39 is 64.0 Å². The lowest BCUT2D eigenvalue weighted by Crippen LogP contribution is -2.65. The minimum Gasteiger partial charge on any atom is -0.508 e. The number of likely N-dealkylation sites (N-methyl/N-ethyl adjacent to an activating group) is 2. The van der Waals surface area contributed by atoms with Gasteiger partial charge in [-0.05, 0) is 62.2 Å². The van der Waals surface area contributed by atoms with Gasteiger partial charge in [-0.1, -0.05) is 37.3 Å². The van der Waals surface area contributed by atoms with Gasteiger partial charge in [0, 0.05) is 49.8 Å². The molecule has 6 rings (SSSR count). The zero-order chi connectivity index (χ0) is 32.5. The van der Waals surface area contributed by atoms with Crippen LogP contribution in [0.25, 0.3) is 16.9 Å². The third kappa shape index (κ3) is 4.68. The Bertz CT molecular complexity index is 1670. The molecule has 11 heteroatoms. The molecule has 2 aromatic carbocycles. The van der Waals surface area contributed by atoms with Gasteiger partial charge in [0.1, 0.15) is 22.8 Å². The van der Waals surface area contributed by atoms with Gasteiger partial charge in [0.15, 0.2) is 11.4 Å². The molecule has 0 unspecified atom stereocenters. The Labute approximate surface area is 261 Å². The van der Waals surface area contributed by atoms with E-state index in [1.807, 2.05) is 37.3 Å². The number of Topliss-reactive ketones (excluding diaryl/α,β-unsaturated/α-hetero) is 2. The summed E-state index contributed by atoms with van der Waals surface area (Å²) in [4.78, 5) is 45.9. The average Bonchev–Trinajstić information content (AvgIpc) is 2.98. The largest absolute Gasteiger partial charge is 0.508 e. The van der Waals surface area contributed by atoms with E-state index in [-0.39, 0.29) is 23.3 Å². The van der Waals surface area contributed by atoms with Crippen LogP contribution in [0.15, 0.2) is 53.3 Å². The molecule has 4 aliphatic rings. The van der Waals surface area contributed by atoms with Gasteiger partial charge in [0.25, 0.3) is 5.91 Å². The lowest BCUT2D eigenvalue weighted by atomic mass is 9.55. The molecule has 1 amide bonds. The monoisotopic (exact) mass is 616 g/mol. The molecule has 1 saturated heterocycles. The number of ketones is 2. The van der Waals surface area contributed by atoms with Gasteiger partial charge in [-0.25, -0.2) is 0 Å². The molecule has 3 aliphatic carbocycles. The molecule has 45 heavy (non-hydrogen) atoms. The maximum atomic E-state index is 14.2.